The second kappa shape index (κ2) is 9.52. The molecule has 2 aromatic carbocycles. The highest BCUT2D eigenvalue weighted by molar-refractivity contribution is 7.09. The summed E-state index contributed by atoms with van der Waals surface area (Å²) in [5.41, 5.74) is 1.51. The van der Waals surface area contributed by atoms with E-state index in [1.165, 1.54) is 23.7 Å². The highest BCUT2D eigenvalue weighted by Crippen LogP contribution is 2.26. The van der Waals surface area contributed by atoms with Crippen molar-refractivity contribution in [3.8, 4) is 11.5 Å². The van der Waals surface area contributed by atoms with Crippen LogP contribution in [0.25, 0.3) is 0 Å². The summed E-state index contributed by atoms with van der Waals surface area (Å²) >= 11 is 1.35. The minimum absolute atomic E-state index is 0.00195. The number of anilines is 1. The topological polar surface area (TPSA) is 67.8 Å². The highest BCUT2D eigenvalue weighted by Gasteiger charge is 2.30. The molecule has 0 saturated carbocycles. The van der Waals surface area contributed by atoms with Crippen molar-refractivity contribution in [1.29, 1.82) is 0 Å². The Morgan fingerprint density at radius 3 is 2.44 bits per heavy atom. The lowest BCUT2D eigenvalue weighted by molar-refractivity contribution is 0.0673. The van der Waals surface area contributed by atoms with Gasteiger partial charge in [-0.15, -0.1) is 0 Å². The molecule has 9 heteroatoms. The number of hydrogen-bond acceptors (Lipinski definition) is 7. The normalized spacial score (nSPS) is 16.2. The maximum atomic E-state index is 13.2. The van der Waals surface area contributed by atoms with Gasteiger partial charge in [0.05, 0.1) is 14.2 Å². The number of halogens is 1. The van der Waals surface area contributed by atoms with Gasteiger partial charge in [-0.3, -0.25) is 4.79 Å². The van der Waals surface area contributed by atoms with E-state index in [1.807, 2.05) is 11.8 Å². The summed E-state index contributed by atoms with van der Waals surface area (Å²) < 4.78 is 28.2. The Morgan fingerprint density at radius 2 is 1.81 bits per heavy atom. The van der Waals surface area contributed by atoms with Gasteiger partial charge in [-0.05, 0) is 36.8 Å². The SMILES string of the molecule is COc1cc(OC)cc(C(=O)N2CCN(c3nc(Cc4ccc(F)cc4)ns3)CC2C)c1. The van der Waals surface area contributed by atoms with E-state index >= 15 is 0 Å². The van der Waals surface area contributed by atoms with Gasteiger partial charge in [0, 0.05) is 55.3 Å². The van der Waals surface area contributed by atoms with E-state index < -0.39 is 0 Å². The number of carbonyl (C=O) groups excluding carboxylic acids is 1. The quantitative estimate of drug-likeness (QED) is 0.564. The first-order chi connectivity index (χ1) is 15.5. The van der Waals surface area contributed by atoms with Crippen LogP contribution in [0.2, 0.25) is 0 Å². The summed E-state index contributed by atoms with van der Waals surface area (Å²) in [4.78, 5) is 21.9. The molecule has 0 aliphatic carbocycles. The van der Waals surface area contributed by atoms with Crippen molar-refractivity contribution in [3.05, 3.63) is 65.2 Å². The van der Waals surface area contributed by atoms with Crippen molar-refractivity contribution in [2.24, 2.45) is 0 Å². The molecule has 1 aliphatic heterocycles. The van der Waals surface area contributed by atoms with E-state index in [2.05, 4.69) is 14.3 Å². The zero-order valence-electron chi connectivity index (χ0n) is 18.2. The van der Waals surface area contributed by atoms with Gasteiger partial charge in [-0.2, -0.15) is 4.37 Å². The predicted octanol–water partition coefficient (Wildman–Crippen LogP) is 3.64. The van der Waals surface area contributed by atoms with Crippen molar-refractivity contribution in [2.75, 3.05) is 38.8 Å². The lowest BCUT2D eigenvalue weighted by Gasteiger charge is -2.39. The van der Waals surface area contributed by atoms with E-state index in [4.69, 9.17) is 9.47 Å². The molecule has 4 rings (SSSR count). The summed E-state index contributed by atoms with van der Waals surface area (Å²) in [5.74, 6) is 1.58. The largest absolute Gasteiger partial charge is 0.497 e. The molecule has 0 N–H and O–H groups in total. The van der Waals surface area contributed by atoms with Crippen molar-refractivity contribution < 1.29 is 18.7 Å². The Labute approximate surface area is 190 Å². The monoisotopic (exact) mass is 456 g/mol. The number of hydrogen-bond donors (Lipinski definition) is 0. The Morgan fingerprint density at radius 1 is 1.12 bits per heavy atom. The van der Waals surface area contributed by atoms with Crippen molar-refractivity contribution in [3.63, 3.8) is 0 Å². The van der Waals surface area contributed by atoms with Gasteiger partial charge in [0.15, 0.2) is 0 Å². The fourth-order valence-corrected chi connectivity index (χ4v) is 4.48. The van der Waals surface area contributed by atoms with Gasteiger partial charge in [0.25, 0.3) is 5.91 Å². The molecule has 168 valence electrons. The van der Waals surface area contributed by atoms with Crippen molar-refractivity contribution in [2.45, 2.75) is 19.4 Å². The Kier molecular flexibility index (Phi) is 6.55. The van der Waals surface area contributed by atoms with Crippen molar-refractivity contribution >= 4 is 22.6 Å². The van der Waals surface area contributed by atoms with Gasteiger partial charge in [0.1, 0.15) is 23.1 Å². The molecule has 1 aliphatic rings. The minimum Gasteiger partial charge on any atom is -0.497 e. The molecule has 1 atom stereocenters. The van der Waals surface area contributed by atoms with Crippen LogP contribution in [0, 0.1) is 5.82 Å². The fraction of sp³-hybridized carbons (Fsp3) is 0.348. The molecule has 1 saturated heterocycles. The van der Waals surface area contributed by atoms with E-state index in [1.54, 1.807) is 44.6 Å². The number of methoxy groups -OCH3 is 2. The molecule has 2 heterocycles. The summed E-state index contributed by atoms with van der Waals surface area (Å²) in [7, 11) is 3.13. The predicted molar refractivity (Wildman–Crippen MR) is 121 cm³/mol. The Bertz CT molecular complexity index is 1070. The van der Waals surface area contributed by atoms with E-state index in [0.717, 1.165) is 10.7 Å². The number of benzene rings is 2. The van der Waals surface area contributed by atoms with Crippen LogP contribution >= 0.6 is 11.5 Å². The number of rotatable bonds is 6. The zero-order valence-corrected chi connectivity index (χ0v) is 19.1. The molecule has 0 bridgehead atoms. The summed E-state index contributed by atoms with van der Waals surface area (Å²) in [6.07, 6.45) is 0.558. The number of carbonyl (C=O) groups is 1. The fourth-order valence-electron chi connectivity index (χ4n) is 3.76. The first kappa shape index (κ1) is 22.0. The maximum Gasteiger partial charge on any atom is 0.254 e. The van der Waals surface area contributed by atoms with Crippen LogP contribution < -0.4 is 14.4 Å². The van der Waals surface area contributed by atoms with Gasteiger partial charge in [-0.25, -0.2) is 9.37 Å². The van der Waals surface area contributed by atoms with Crippen LogP contribution in [-0.2, 0) is 6.42 Å². The van der Waals surface area contributed by atoms with Crippen LogP contribution in [0.4, 0.5) is 9.52 Å². The number of nitrogens with zero attached hydrogens (tertiary/aromatic N) is 4. The number of amides is 1. The summed E-state index contributed by atoms with van der Waals surface area (Å²) in [6, 6.07) is 11.6. The molecule has 1 fully saturated rings. The molecule has 3 aromatic rings. The first-order valence-corrected chi connectivity index (χ1v) is 11.1. The van der Waals surface area contributed by atoms with E-state index in [9.17, 15) is 9.18 Å². The molecular weight excluding hydrogens is 431 g/mol. The minimum atomic E-state index is -0.255. The lowest BCUT2D eigenvalue weighted by Crippen LogP contribution is -2.54. The van der Waals surface area contributed by atoms with Crippen LogP contribution in [0.3, 0.4) is 0 Å². The molecule has 1 amide bonds. The third-order valence-electron chi connectivity index (χ3n) is 5.49. The van der Waals surface area contributed by atoms with Crippen LogP contribution in [-0.4, -0.2) is 60.1 Å². The van der Waals surface area contributed by atoms with Crippen LogP contribution in [0.5, 0.6) is 11.5 Å². The van der Waals surface area contributed by atoms with Gasteiger partial charge in [-0.1, -0.05) is 12.1 Å². The molecule has 0 radical (unpaired) electrons. The zero-order chi connectivity index (χ0) is 22.7. The van der Waals surface area contributed by atoms with E-state index in [0.29, 0.717) is 48.9 Å². The molecular formula is C23H25FN4O3S. The van der Waals surface area contributed by atoms with Crippen molar-refractivity contribution in [1.82, 2.24) is 14.3 Å². The average molecular weight is 457 g/mol. The third-order valence-corrected chi connectivity index (χ3v) is 6.30. The van der Waals surface area contributed by atoms with E-state index in [-0.39, 0.29) is 17.8 Å². The highest BCUT2D eigenvalue weighted by atomic mass is 32.1. The molecule has 7 nitrogen and oxygen atoms in total. The van der Waals surface area contributed by atoms with Gasteiger partial charge >= 0.3 is 0 Å². The Hall–Kier alpha value is -3.20. The maximum absolute atomic E-state index is 13.2. The number of piperazine rings is 1. The third kappa shape index (κ3) is 4.83. The number of ether oxygens (including phenoxy) is 2. The van der Waals surface area contributed by atoms with Crippen LogP contribution in [0.15, 0.2) is 42.5 Å². The van der Waals surface area contributed by atoms with Crippen LogP contribution in [0.1, 0.15) is 28.7 Å². The molecule has 1 unspecified atom stereocenters. The number of aromatic nitrogens is 2. The smallest absolute Gasteiger partial charge is 0.254 e. The second-order valence-corrected chi connectivity index (χ2v) is 8.42. The molecule has 0 spiro atoms. The second-order valence-electron chi connectivity index (χ2n) is 7.69. The molecule has 32 heavy (non-hydrogen) atoms. The Balaban J connectivity index is 1.42. The average Bonchev–Trinajstić information content (AvgIpc) is 3.28. The van der Waals surface area contributed by atoms with Gasteiger partial charge in [0.2, 0.25) is 5.13 Å². The lowest BCUT2D eigenvalue weighted by atomic mass is 10.1. The standard InChI is InChI=1S/C23H25FN4O3S/c1-15-14-27(23-25-21(26-32-23)10-16-4-6-18(24)7-5-16)8-9-28(15)22(29)17-11-19(30-2)13-20(12-17)31-3/h4-7,11-13,15H,8-10,14H2,1-3H3. The summed E-state index contributed by atoms with van der Waals surface area (Å²) in [6.45, 7) is 3.94. The molecule has 1 aromatic heterocycles. The summed E-state index contributed by atoms with van der Waals surface area (Å²) in [5, 5.41) is 0.837. The first-order valence-electron chi connectivity index (χ1n) is 10.3. The van der Waals surface area contributed by atoms with Gasteiger partial charge < -0.3 is 19.3 Å².